The van der Waals surface area contributed by atoms with Crippen molar-refractivity contribution in [3.05, 3.63) is 59.9 Å². The molecule has 126 valence electrons. The van der Waals surface area contributed by atoms with E-state index in [0.717, 1.165) is 0 Å². The standard InChI is InChI=1S/C18H21N3O3/c1-18(2,3)13-7-9-14(10-8-13)24-12-16(22)20-21-17(23)15-6-4-5-11-19-15/h4-11H,12H2,1-3H3,(H,20,22)(H,21,23). The number of hydrogen-bond donors (Lipinski definition) is 2. The Morgan fingerprint density at radius 2 is 1.75 bits per heavy atom. The number of benzene rings is 1. The maximum atomic E-state index is 11.7. The van der Waals surface area contributed by atoms with Gasteiger partial charge in [-0.3, -0.25) is 25.4 Å². The molecule has 1 aromatic carbocycles. The molecule has 0 unspecified atom stereocenters. The van der Waals surface area contributed by atoms with Crippen molar-refractivity contribution in [1.82, 2.24) is 15.8 Å². The number of nitrogens with zero attached hydrogens (tertiary/aromatic N) is 1. The van der Waals surface area contributed by atoms with Crippen LogP contribution >= 0.6 is 0 Å². The normalized spacial score (nSPS) is 10.8. The molecule has 0 fully saturated rings. The third-order valence-corrected chi connectivity index (χ3v) is 3.30. The summed E-state index contributed by atoms with van der Waals surface area (Å²) in [6, 6.07) is 12.5. The highest BCUT2D eigenvalue weighted by Gasteiger charge is 2.13. The molecule has 0 saturated heterocycles. The topological polar surface area (TPSA) is 80.3 Å². The lowest BCUT2D eigenvalue weighted by Crippen LogP contribution is -2.44. The van der Waals surface area contributed by atoms with Crippen molar-refractivity contribution in [3.8, 4) is 5.75 Å². The van der Waals surface area contributed by atoms with Gasteiger partial charge in [-0.1, -0.05) is 39.0 Å². The van der Waals surface area contributed by atoms with Gasteiger partial charge in [0.15, 0.2) is 6.61 Å². The Kier molecular flexibility index (Phi) is 5.52. The van der Waals surface area contributed by atoms with Crippen LogP contribution < -0.4 is 15.6 Å². The number of pyridine rings is 1. The maximum absolute atomic E-state index is 11.7. The third kappa shape index (κ3) is 5.08. The summed E-state index contributed by atoms with van der Waals surface area (Å²) in [5.74, 6) is -0.355. The largest absolute Gasteiger partial charge is 0.484 e. The zero-order chi connectivity index (χ0) is 17.6. The van der Waals surface area contributed by atoms with Crippen molar-refractivity contribution in [2.75, 3.05) is 6.61 Å². The molecule has 0 bridgehead atoms. The summed E-state index contributed by atoms with van der Waals surface area (Å²) in [6.45, 7) is 6.18. The van der Waals surface area contributed by atoms with E-state index in [2.05, 4.69) is 36.6 Å². The summed E-state index contributed by atoms with van der Waals surface area (Å²) < 4.78 is 5.39. The Bertz CT molecular complexity index is 692. The van der Waals surface area contributed by atoms with Crippen LogP contribution in [-0.4, -0.2) is 23.4 Å². The molecule has 1 aromatic heterocycles. The molecular weight excluding hydrogens is 306 g/mol. The zero-order valence-electron chi connectivity index (χ0n) is 14.0. The van der Waals surface area contributed by atoms with Crippen LogP contribution in [0.2, 0.25) is 0 Å². The van der Waals surface area contributed by atoms with E-state index in [9.17, 15) is 9.59 Å². The first-order valence-corrected chi connectivity index (χ1v) is 7.60. The lowest BCUT2D eigenvalue weighted by atomic mass is 9.87. The Morgan fingerprint density at radius 3 is 2.33 bits per heavy atom. The van der Waals surface area contributed by atoms with E-state index >= 15 is 0 Å². The highest BCUT2D eigenvalue weighted by atomic mass is 16.5. The third-order valence-electron chi connectivity index (χ3n) is 3.30. The number of amides is 2. The van der Waals surface area contributed by atoms with Crippen LogP contribution in [0.5, 0.6) is 5.75 Å². The van der Waals surface area contributed by atoms with Crippen molar-refractivity contribution >= 4 is 11.8 Å². The average molecular weight is 327 g/mol. The average Bonchev–Trinajstić information content (AvgIpc) is 2.58. The van der Waals surface area contributed by atoms with E-state index in [1.54, 1.807) is 18.2 Å². The minimum Gasteiger partial charge on any atom is -0.484 e. The van der Waals surface area contributed by atoms with E-state index in [-0.39, 0.29) is 17.7 Å². The lowest BCUT2D eigenvalue weighted by Gasteiger charge is -2.19. The summed E-state index contributed by atoms with van der Waals surface area (Å²) in [4.78, 5) is 27.3. The first kappa shape index (κ1) is 17.5. The molecule has 2 aromatic rings. The molecule has 6 nitrogen and oxygen atoms in total. The molecule has 24 heavy (non-hydrogen) atoms. The number of rotatable bonds is 4. The van der Waals surface area contributed by atoms with Gasteiger partial charge in [-0.05, 0) is 35.2 Å². The highest BCUT2D eigenvalue weighted by molar-refractivity contribution is 5.93. The molecule has 2 rings (SSSR count). The van der Waals surface area contributed by atoms with Gasteiger partial charge in [-0.2, -0.15) is 0 Å². The fraction of sp³-hybridized carbons (Fsp3) is 0.278. The monoisotopic (exact) mass is 327 g/mol. The summed E-state index contributed by atoms with van der Waals surface area (Å²) in [7, 11) is 0. The molecule has 0 radical (unpaired) electrons. The van der Waals surface area contributed by atoms with Gasteiger partial charge in [-0.25, -0.2) is 0 Å². The molecule has 0 atom stereocenters. The van der Waals surface area contributed by atoms with Gasteiger partial charge >= 0.3 is 0 Å². The maximum Gasteiger partial charge on any atom is 0.288 e. The molecule has 2 N–H and O–H groups in total. The summed E-state index contributed by atoms with van der Waals surface area (Å²) in [5.41, 5.74) is 6.03. The molecule has 0 aliphatic heterocycles. The molecule has 2 amide bonds. The van der Waals surface area contributed by atoms with Crippen LogP contribution in [-0.2, 0) is 10.2 Å². The van der Waals surface area contributed by atoms with Gasteiger partial charge < -0.3 is 4.74 Å². The fourth-order valence-electron chi connectivity index (χ4n) is 1.92. The Morgan fingerprint density at radius 1 is 1.04 bits per heavy atom. The van der Waals surface area contributed by atoms with Crippen molar-refractivity contribution in [3.63, 3.8) is 0 Å². The van der Waals surface area contributed by atoms with Gasteiger partial charge in [0.25, 0.3) is 11.8 Å². The molecular formula is C18H21N3O3. The van der Waals surface area contributed by atoms with Crippen LogP contribution in [0.3, 0.4) is 0 Å². The zero-order valence-corrected chi connectivity index (χ0v) is 14.0. The number of carbonyl (C=O) groups excluding carboxylic acids is 2. The number of ether oxygens (including phenoxy) is 1. The van der Waals surface area contributed by atoms with Gasteiger partial charge in [0, 0.05) is 6.20 Å². The van der Waals surface area contributed by atoms with Crippen LogP contribution in [0.15, 0.2) is 48.7 Å². The summed E-state index contributed by atoms with van der Waals surface area (Å²) in [5, 5.41) is 0. The van der Waals surface area contributed by atoms with Gasteiger partial charge in [0.2, 0.25) is 0 Å². The molecule has 0 aliphatic rings. The van der Waals surface area contributed by atoms with Crippen molar-refractivity contribution in [1.29, 1.82) is 0 Å². The van der Waals surface area contributed by atoms with E-state index < -0.39 is 11.8 Å². The second kappa shape index (κ2) is 7.59. The Labute approximate surface area is 141 Å². The van der Waals surface area contributed by atoms with Crippen molar-refractivity contribution in [2.45, 2.75) is 26.2 Å². The SMILES string of the molecule is CC(C)(C)c1ccc(OCC(=O)NNC(=O)c2ccccn2)cc1. The van der Waals surface area contributed by atoms with E-state index in [4.69, 9.17) is 4.74 Å². The lowest BCUT2D eigenvalue weighted by molar-refractivity contribution is -0.123. The minimum atomic E-state index is -0.488. The molecule has 0 spiro atoms. The van der Waals surface area contributed by atoms with Crippen LogP contribution in [0, 0.1) is 0 Å². The Hall–Kier alpha value is -2.89. The van der Waals surface area contributed by atoms with Crippen LogP contribution in [0.4, 0.5) is 0 Å². The van der Waals surface area contributed by atoms with E-state index in [0.29, 0.717) is 5.75 Å². The first-order valence-electron chi connectivity index (χ1n) is 7.60. The smallest absolute Gasteiger partial charge is 0.288 e. The second-order valence-electron chi connectivity index (χ2n) is 6.28. The van der Waals surface area contributed by atoms with Gasteiger partial charge in [-0.15, -0.1) is 0 Å². The first-order chi connectivity index (χ1) is 11.4. The van der Waals surface area contributed by atoms with Crippen LogP contribution in [0.1, 0.15) is 36.8 Å². The van der Waals surface area contributed by atoms with Gasteiger partial charge in [0.1, 0.15) is 11.4 Å². The number of aromatic nitrogens is 1. The van der Waals surface area contributed by atoms with Crippen molar-refractivity contribution < 1.29 is 14.3 Å². The van der Waals surface area contributed by atoms with Crippen molar-refractivity contribution in [2.24, 2.45) is 0 Å². The number of carbonyl (C=O) groups is 2. The quantitative estimate of drug-likeness (QED) is 0.844. The predicted octanol–water partition coefficient (Wildman–Crippen LogP) is 2.22. The van der Waals surface area contributed by atoms with Crippen LogP contribution in [0.25, 0.3) is 0 Å². The molecule has 0 aliphatic carbocycles. The number of hydrogen-bond acceptors (Lipinski definition) is 4. The predicted molar refractivity (Wildman–Crippen MR) is 90.5 cm³/mol. The molecule has 6 heteroatoms. The molecule has 1 heterocycles. The van der Waals surface area contributed by atoms with E-state index in [1.165, 1.54) is 11.8 Å². The summed E-state index contributed by atoms with van der Waals surface area (Å²) >= 11 is 0. The summed E-state index contributed by atoms with van der Waals surface area (Å²) in [6.07, 6.45) is 1.50. The van der Waals surface area contributed by atoms with Gasteiger partial charge in [0.05, 0.1) is 0 Å². The van der Waals surface area contributed by atoms with E-state index in [1.807, 2.05) is 24.3 Å². The number of hydrazine groups is 1. The Balaban J connectivity index is 1.78. The minimum absolute atomic E-state index is 0.0612. The second-order valence-corrected chi connectivity index (χ2v) is 6.28. The fourth-order valence-corrected chi connectivity index (χ4v) is 1.92. The number of nitrogens with one attached hydrogen (secondary N) is 2. The molecule has 0 saturated carbocycles. The highest BCUT2D eigenvalue weighted by Crippen LogP contribution is 2.24.